The fourth-order valence-electron chi connectivity index (χ4n) is 3.31. The van der Waals surface area contributed by atoms with Crippen LogP contribution >= 0.6 is 0 Å². The van der Waals surface area contributed by atoms with Gasteiger partial charge in [-0.2, -0.15) is 0 Å². The van der Waals surface area contributed by atoms with E-state index in [-0.39, 0.29) is 5.91 Å². The molecule has 2 aliphatic rings. The summed E-state index contributed by atoms with van der Waals surface area (Å²) < 4.78 is 0. The fourth-order valence-corrected chi connectivity index (χ4v) is 3.31. The molecule has 124 valence electrons. The summed E-state index contributed by atoms with van der Waals surface area (Å²) in [6.45, 7) is 3.79. The molecule has 1 aromatic heterocycles. The van der Waals surface area contributed by atoms with Gasteiger partial charge in [0, 0.05) is 50.2 Å². The standard InChI is InChI=1S/C20H23N3O/c24-20(18-4-2-1-3-5-18)23-14-19(15-23)22(12-16-6-7-16)13-17-8-10-21-11-9-17/h1-5,8-11,16,19H,6-7,12-15H2. The van der Waals surface area contributed by atoms with Crippen LogP contribution < -0.4 is 0 Å². The molecular formula is C20H23N3O. The van der Waals surface area contributed by atoms with Gasteiger partial charge in [-0.25, -0.2) is 0 Å². The number of nitrogens with zero attached hydrogens (tertiary/aromatic N) is 3. The van der Waals surface area contributed by atoms with E-state index >= 15 is 0 Å². The summed E-state index contributed by atoms with van der Waals surface area (Å²) in [6.07, 6.45) is 6.42. The summed E-state index contributed by atoms with van der Waals surface area (Å²) >= 11 is 0. The first-order valence-corrected chi connectivity index (χ1v) is 8.77. The van der Waals surface area contributed by atoms with Gasteiger partial charge in [0.25, 0.3) is 5.91 Å². The molecule has 0 radical (unpaired) electrons. The zero-order chi connectivity index (χ0) is 16.4. The van der Waals surface area contributed by atoms with Gasteiger partial charge in [-0.1, -0.05) is 18.2 Å². The summed E-state index contributed by atoms with van der Waals surface area (Å²) in [5.74, 6) is 1.01. The van der Waals surface area contributed by atoms with E-state index in [9.17, 15) is 4.79 Å². The van der Waals surface area contributed by atoms with Crippen molar-refractivity contribution in [3.8, 4) is 0 Å². The first kappa shape index (κ1) is 15.3. The summed E-state index contributed by atoms with van der Waals surface area (Å²) in [6, 6.07) is 14.2. The van der Waals surface area contributed by atoms with Gasteiger partial charge in [0.1, 0.15) is 0 Å². The van der Waals surface area contributed by atoms with Crippen LogP contribution in [0.1, 0.15) is 28.8 Å². The van der Waals surface area contributed by atoms with Gasteiger partial charge in [0.05, 0.1) is 0 Å². The lowest BCUT2D eigenvalue weighted by atomic mass is 10.0. The summed E-state index contributed by atoms with van der Waals surface area (Å²) in [5, 5.41) is 0. The third-order valence-corrected chi connectivity index (χ3v) is 5.01. The normalized spacial score (nSPS) is 17.8. The molecule has 2 fully saturated rings. The average Bonchev–Trinajstić information content (AvgIpc) is 3.39. The van der Waals surface area contributed by atoms with Gasteiger partial charge in [-0.15, -0.1) is 0 Å². The number of hydrogen-bond donors (Lipinski definition) is 0. The minimum atomic E-state index is 0.155. The number of hydrogen-bond acceptors (Lipinski definition) is 3. The number of rotatable bonds is 6. The van der Waals surface area contributed by atoms with Crippen LogP contribution in [0.25, 0.3) is 0 Å². The highest BCUT2D eigenvalue weighted by Gasteiger charge is 2.37. The van der Waals surface area contributed by atoms with Crippen molar-refractivity contribution in [2.45, 2.75) is 25.4 Å². The second-order valence-corrected chi connectivity index (χ2v) is 6.96. The van der Waals surface area contributed by atoms with E-state index in [2.05, 4.69) is 22.0 Å². The van der Waals surface area contributed by atoms with Crippen LogP contribution in [0.2, 0.25) is 0 Å². The molecule has 1 aliphatic heterocycles. The molecule has 1 amide bonds. The fraction of sp³-hybridized carbons (Fsp3) is 0.400. The van der Waals surface area contributed by atoms with Gasteiger partial charge in [0.15, 0.2) is 0 Å². The highest BCUT2D eigenvalue weighted by Crippen LogP contribution is 2.32. The Morgan fingerprint density at radius 1 is 1.08 bits per heavy atom. The largest absolute Gasteiger partial charge is 0.335 e. The summed E-state index contributed by atoms with van der Waals surface area (Å²) in [7, 11) is 0. The number of amides is 1. The Balaban J connectivity index is 1.37. The zero-order valence-corrected chi connectivity index (χ0v) is 13.8. The van der Waals surface area contributed by atoms with Crippen molar-refractivity contribution >= 4 is 5.91 Å². The van der Waals surface area contributed by atoms with Crippen LogP contribution in [0.15, 0.2) is 54.9 Å². The monoisotopic (exact) mass is 321 g/mol. The van der Waals surface area contributed by atoms with E-state index in [1.807, 2.05) is 47.6 Å². The van der Waals surface area contributed by atoms with Crippen LogP contribution in [0.4, 0.5) is 0 Å². The summed E-state index contributed by atoms with van der Waals surface area (Å²) in [5.41, 5.74) is 2.09. The molecule has 0 N–H and O–H groups in total. The van der Waals surface area contributed by atoms with Gasteiger partial charge < -0.3 is 4.90 Å². The second-order valence-electron chi connectivity index (χ2n) is 6.96. The van der Waals surface area contributed by atoms with Crippen LogP contribution in [0, 0.1) is 5.92 Å². The molecule has 4 rings (SSSR count). The lowest BCUT2D eigenvalue weighted by Crippen LogP contribution is -2.61. The second kappa shape index (κ2) is 6.73. The van der Waals surface area contributed by atoms with Gasteiger partial charge in [-0.3, -0.25) is 14.7 Å². The Morgan fingerprint density at radius 2 is 1.79 bits per heavy atom. The van der Waals surface area contributed by atoms with Gasteiger partial charge in [-0.05, 0) is 48.6 Å². The molecule has 24 heavy (non-hydrogen) atoms. The van der Waals surface area contributed by atoms with Crippen molar-refractivity contribution in [3.05, 3.63) is 66.0 Å². The predicted octanol–water partition coefficient (Wildman–Crippen LogP) is 2.82. The van der Waals surface area contributed by atoms with E-state index < -0.39 is 0 Å². The van der Waals surface area contributed by atoms with Crippen molar-refractivity contribution in [3.63, 3.8) is 0 Å². The van der Waals surface area contributed by atoms with E-state index in [0.29, 0.717) is 6.04 Å². The van der Waals surface area contributed by atoms with Gasteiger partial charge in [0.2, 0.25) is 0 Å². The number of carbonyl (C=O) groups is 1. The van der Waals surface area contributed by atoms with Crippen molar-refractivity contribution in [2.75, 3.05) is 19.6 Å². The van der Waals surface area contributed by atoms with E-state index in [1.165, 1.54) is 18.4 Å². The Bertz CT molecular complexity index is 679. The van der Waals surface area contributed by atoms with Crippen LogP contribution in [0.3, 0.4) is 0 Å². The lowest BCUT2D eigenvalue weighted by molar-refractivity contribution is 0.0220. The Labute approximate surface area is 143 Å². The highest BCUT2D eigenvalue weighted by atomic mass is 16.2. The third-order valence-electron chi connectivity index (χ3n) is 5.01. The molecule has 2 aromatic rings. The maximum atomic E-state index is 12.5. The van der Waals surface area contributed by atoms with E-state index in [4.69, 9.17) is 0 Å². The molecule has 0 atom stereocenters. The van der Waals surface area contributed by atoms with Gasteiger partial charge >= 0.3 is 0 Å². The quantitative estimate of drug-likeness (QED) is 0.821. The third kappa shape index (κ3) is 3.49. The molecular weight excluding hydrogens is 298 g/mol. The topological polar surface area (TPSA) is 36.4 Å². The molecule has 2 heterocycles. The van der Waals surface area contributed by atoms with E-state index in [0.717, 1.165) is 37.7 Å². The van der Waals surface area contributed by atoms with Crippen molar-refractivity contribution in [2.24, 2.45) is 5.92 Å². The molecule has 1 aromatic carbocycles. The maximum absolute atomic E-state index is 12.5. The minimum Gasteiger partial charge on any atom is -0.335 e. The minimum absolute atomic E-state index is 0.155. The number of likely N-dealkylation sites (tertiary alicyclic amines) is 1. The Hall–Kier alpha value is -2.20. The van der Waals surface area contributed by atoms with Crippen molar-refractivity contribution < 1.29 is 4.79 Å². The molecule has 0 unspecified atom stereocenters. The highest BCUT2D eigenvalue weighted by molar-refractivity contribution is 5.94. The Morgan fingerprint density at radius 3 is 2.46 bits per heavy atom. The van der Waals surface area contributed by atoms with Crippen molar-refractivity contribution in [1.29, 1.82) is 0 Å². The number of aromatic nitrogens is 1. The molecule has 4 heteroatoms. The molecule has 1 saturated heterocycles. The Kier molecular flexibility index (Phi) is 4.30. The van der Waals surface area contributed by atoms with Crippen molar-refractivity contribution in [1.82, 2.24) is 14.8 Å². The zero-order valence-electron chi connectivity index (χ0n) is 13.8. The first-order valence-electron chi connectivity index (χ1n) is 8.77. The molecule has 1 aliphatic carbocycles. The predicted molar refractivity (Wildman–Crippen MR) is 93.5 cm³/mol. The number of benzene rings is 1. The van der Waals surface area contributed by atoms with E-state index in [1.54, 1.807) is 0 Å². The lowest BCUT2D eigenvalue weighted by Gasteiger charge is -2.45. The number of pyridine rings is 1. The maximum Gasteiger partial charge on any atom is 0.253 e. The number of carbonyl (C=O) groups excluding carboxylic acids is 1. The molecule has 4 nitrogen and oxygen atoms in total. The smallest absolute Gasteiger partial charge is 0.253 e. The average molecular weight is 321 g/mol. The van der Waals surface area contributed by atoms with Crippen LogP contribution in [-0.4, -0.2) is 46.4 Å². The SMILES string of the molecule is O=C(c1ccccc1)N1CC(N(Cc2ccncc2)CC2CC2)C1. The van der Waals surface area contributed by atoms with Crippen LogP contribution in [-0.2, 0) is 6.54 Å². The molecule has 0 bridgehead atoms. The first-order chi connectivity index (χ1) is 11.8. The summed E-state index contributed by atoms with van der Waals surface area (Å²) in [4.78, 5) is 21.1. The molecule has 1 saturated carbocycles. The van der Waals surface area contributed by atoms with Crippen LogP contribution in [0.5, 0.6) is 0 Å². The molecule has 0 spiro atoms.